The summed E-state index contributed by atoms with van der Waals surface area (Å²) in [6, 6.07) is 7.33. The van der Waals surface area contributed by atoms with Crippen molar-refractivity contribution in [3.05, 3.63) is 68.1 Å². The highest BCUT2D eigenvalue weighted by Gasteiger charge is 2.15. The fourth-order valence-electron chi connectivity index (χ4n) is 2.25. The lowest BCUT2D eigenvalue weighted by Gasteiger charge is -2.08. The topological polar surface area (TPSA) is 120 Å². The van der Waals surface area contributed by atoms with Gasteiger partial charge in [0, 0.05) is 16.5 Å². The first-order valence-electron chi connectivity index (χ1n) is 7.51. The predicted molar refractivity (Wildman–Crippen MR) is 93.9 cm³/mol. The van der Waals surface area contributed by atoms with Gasteiger partial charge >= 0.3 is 0 Å². The first kappa shape index (κ1) is 17.3. The maximum Gasteiger partial charge on any atom is 0.272 e. The van der Waals surface area contributed by atoms with Crippen LogP contribution in [0, 0.1) is 6.92 Å². The van der Waals surface area contributed by atoms with E-state index in [1.807, 2.05) is 24.3 Å². The van der Waals surface area contributed by atoms with E-state index in [9.17, 15) is 9.90 Å². The summed E-state index contributed by atoms with van der Waals surface area (Å²) in [5.74, 6) is 0.586. The van der Waals surface area contributed by atoms with E-state index in [0.717, 1.165) is 10.0 Å². The number of nitrogens with two attached hydrogens (primary N) is 1. The molecule has 0 amide bonds. The number of benzene rings is 1. The third-order valence-electron chi connectivity index (χ3n) is 3.75. The Labute approximate surface area is 151 Å². The zero-order valence-corrected chi connectivity index (χ0v) is 15.0. The normalized spacial score (nSPS) is 12.3. The summed E-state index contributed by atoms with van der Waals surface area (Å²) in [4.78, 5) is 16.3. The molecule has 0 fully saturated rings. The Bertz CT molecular complexity index is 936. The number of nitrogens with zero attached hydrogens (tertiary/aromatic N) is 4. The second-order valence-corrected chi connectivity index (χ2v) is 6.48. The zero-order chi connectivity index (χ0) is 18.0. The fourth-order valence-corrected chi connectivity index (χ4v) is 2.52. The van der Waals surface area contributed by atoms with Crippen molar-refractivity contribution < 1.29 is 9.63 Å². The van der Waals surface area contributed by atoms with Gasteiger partial charge in [-0.05, 0) is 24.6 Å². The molecule has 0 saturated carbocycles. The second kappa shape index (κ2) is 7.16. The summed E-state index contributed by atoms with van der Waals surface area (Å²) in [7, 11) is 0. The molecule has 0 unspecified atom stereocenters. The summed E-state index contributed by atoms with van der Waals surface area (Å²) in [6.45, 7) is 1.67. The van der Waals surface area contributed by atoms with Gasteiger partial charge in [-0.1, -0.05) is 33.2 Å². The van der Waals surface area contributed by atoms with Crippen LogP contribution in [0.2, 0.25) is 0 Å². The molecule has 1 atom stereocenters. The van der Waals surface area contributed by atoms with Gasteiger partial charge in [-0.25, -0.2) is 4.68 Å². The number of aliphatic hydroxyl groups excluding tert-OH is 1. The van der Waals surface area contributed by atoms with Crippen molar-refractivity contribution in [3.8, 4) is 0 Å². The van der Waals surface area contributed by atoms with Crippen LogP contribution >= 0.6 is 15.9 Å². The largest absolute Gasteiger partial charge is 0.397 e. The van der Waals surface area contributed by atoms with Crippen molar-refractivity contribution in [2.45, 2.75) is 26.0 Å². The molecule has 8 nitrogen and oxygen atoms in total. The van der Waals surface area contributed by atoms with Gasteiger partial charge in [0.05, 0.1) is 18.0 Å². The summed E-state index contributed by atoms with van der Waals surface area (Å²) < 4.78 is 7.27. The summed E-state index contributed by atoms with van der Waals surface area (Å²) >= 11 is 3.35. The van der Waals surface area contributed by atoms with Crippen LogP contribution in [-0.2, 0) is 13.0 Å². The molecule has 9 heteroatoms. The second-order valence-electron chi connectivity index (χ2n) is 5.56. The van der Waals surface area contributed by atoms with Crippen LogP contribution in [0.15, 0.2) is 44.3 Å². The van der Waals surface area contributed by atoms with Gasteiger partial charge in [0.25, 0.3) is 5.56 Å². The molecule has 25 heavy (non-hydrogen) atoms. The van der Waals surface area contributed by atoms with Crippen LogP contribution in [-0.4, -0.2) is 25.0 Å². The number of aromatic nitrogens is 4. The Kier molecular flexibility index (Phi) is 4.95. The van der Waals surface area contributed by atoms with E-state index < -0.39 is 6.10 Å². The van der Waals surface area contributed by atoms with Crippen LogP contribution in [0.4, 0.5) is 5.69 Å². The van der Waals surface area contributed by atoms with Gasteiger partial charge in [0.15, 0.2) is 5.82 Å². The van der Waals surface area contributed by atoms with E-state index in [1.54, 1.807) is 6.92 Å². The van der Waals surface area contributed by atoms with E-state index in [2.05, 4.69) is 31.2 Å². The number of hydrogen-bond acceptors (Lipinski definition) is 7. The predicted octanol–water partition coefficient (Wildman–Crippen LogP) is 1.60. The quantitative estimate of drug-likeness (QED) is 0.661. The number of nitrogen functional groups attached to an aromatic ring is 1. The lowest BCUT2D eigenvalue weighted by atomic mass is 10.1. The molecule has 2 heterocycles. The van der Waals surface area contributed by atoms with E-state index in [0.29, 0.717) is 17.1 Å². The molecule has 3 rings (SSSR count). The zero-order valence-electron chi connectivity index (χ0n) is 13.4. The third kappa shape index (κ3) is 3.94. The highest BCUT2D eigenvalue weighted by atomic mass is 79.9. The minimum absolute atomic E-state index is 0.0430. The van der Waals surface area contributed by atoms with Gasteiger partial charge in [0.2, 0.25) is 5.89 Å². The highest BCUT2D eigenvalue weighted by molar-refractivity contribution is 9.10. The first-order valence-corrected chi connectivity index (χ1v) is 8.30. The van der Waals surface area contributed by atoms with Crippen LogP contribution in [0.5, 0.6) is 0 Å². The molecular weight excluding hydrogens is 390 g/mol. The van der Waals surface area contributed by atoms with E-state index >= 15 is 0 Å². The van der Waals surface area contributed by atoms with Crippen LogP contribution in [0.3, 0.4) is 0 Å². The minimum Gasteiger partial charge on any atom is -0.397 e. The average molecular weight is 406 g/mol. The monoisotopic (exact) mass is 405 g/mol. The summed E-state index contributed by atoms with van der Waals surface area (Å²) in [5.41, 5.74) is 6.84. The van der Waals surface area contributed by atoms with Crippen molar-refractivity contribution in [2.75, 3.05) is 5.73 Å². The van der Waals surface area contributed by atoms with Gasteiger partial charge in [-0.3, -0.25) is 4.79 Å². The van der Waals surface area contributed by atoms with Crippen molar-refractivity contribution in [2.24, 2.45) is 0 Å². The van der Waals surface area contributed by atoms with Crippen LogP contribution < -0.4 is 11.3 Å². The minimum atomic E-state index is -0.752. The van der Waals surface area contributed by atoms with E-state index in [-0.39, 0.29) is 24.4 Å². The highest BCUT2D eigenvalue weighted by Crippen LogP contribution is 2.19. The smallest absolute Gasteiger partial charge is 0.272 e. The lowest BCUT2D eigenvalue weighted by molar-refractivity contribution is 0.174. The summed E-state index contributed by atoms with van der Waals surface area (Å²) in [5, 5.41) is 18.1. The molecule has 0 saturated heterocycles. The third-order valence-corrected chi connectivity index (χ3v) is 4.28. The Morgan fingerprint density at radius 2 is 2.08 bits per heavy atom. The van der Waals surface area contributed by atoms with Gasteiger partial charge in [-0.15, -0.1) is 0 Å². The Hall–Kier alpha value is -2.52. The van der Waals surface area contributed by atoms with Crippen molar-refractivity contribution in [1.29, 1.82) is 0 Å². The van der Waals surface area contributed by atoms with E-state index in [1.165, 1.54) is 10.9 Å². The molecule has 0 bridgehead atoms. The molecule has 0 radical (unpaired) electrons. The lowest BCUT2D eigenvalue weighted by Crippen LogP contribution is -2.26. The molecule has 0 spiro atoms. The Morgan fingerprint density at radius 3 is 2.80 bits per heavy atom. The molecule has 0 aliphatic carbocycles. The van der Waals surface area contributed by atoms with Gasteiger partial charge < -0.3 is 15.4 Å². The van der Waals surface area contributed by atoms with Crippen molar-refractivity contribution in [1.82, 2.24) is 19.9 Å². The first-order chi connectivity index (χ1) is 11.9. The fraction of sp³-hybridized carbons (Fsp3) is 0.250. The molecule has 0 aliphatic rings. The number of aliphatic hydroxyl groups is 1. The molecule has 1 aromatic carbocycles. The molecule has 0 aliphatic heterocycles. The number of halogens is 1. The maximum atomic E-state index is 12.1. The SMILES string of the molecule is Cc1c(N)cnn(Cc2nc(C[C@H](O)c3ccc(Br)cc3)no2)c1=O. The van der Waals surface area contributed by atoms with Crippen molar-refractivity contribution in [3.63, 3.8) is 0 Å². The molecule has 2 aromatic heterocycles. The van der Waals surface area contributed by atoms with Crippen molar-refractivity contribution >= 4 is 21.6 Å². The van der Waals surface area contributed by atoms with Gasteiger partial charge in [0.1, 0.15) is 6.54 Å². The number of hydrogen-bond donors (Lipinski definition) is 2. The van der Waals surface area contributed by atoms with Crippen LogP contribution in [0.25, 0.3) is 0 Å². The Balaban J connectivity index is 1.71. The number of rotatable bonds is 5. The van der Waals surface area contributed by atoms with Gasteiger partial charge in [-0.2, -0.15) is 10.1 Å². The van der Waals surface area contributed by atoms with Crippen LogP contribution in [0.1, 0.15) is 28.9 Å². The number of anilines is 1. The Morgan fingerprint density at radius 1 is 1.36 bits per heavy atom. The molecule has 3 aromatic rings. The molecule has 130 valence electrons. The summed E-state index contributed by atoms with van der Waals surface area (Å²) in [6.07, 6.45) is 0.859. The van der Waals surface area contributed by atoms with E-state index in [4.69, 9.17) is 10.3 Å². The molecule has 3 N–H and O–H groups in total. The average Bonchev–Trinajstić information content (AvgIpc) is 3.03. The standard InChI is InChI=1S/C16H16BrN5O3/c1-9-12(18)7-19-22(16(9)24)8-15-20-14(21-25-15)6-13(23)10-2-4-11(17)5-3-10/h2-5,7,13,23H,6,8,18H2,1H3/t13-/m0/s1. The maximum absolute atomic E-state index is 12.1. The molecular formula is C16H16BrN5O3.